The molecule has 0 aromatic heterocycles. The molecule has 2 fully saturated rings. The van der Waals surface area contributed by atoms with Crippen LogP contribution in [0.4, 0.5) is 0 Å². The first-order valence-electron chi connectivity index (χ1n) is 7.08. The van der Waals surface area contributed by atoms with Gasteiger partial charge in [-0.05, 0) is 49.9 Å². The van der Waals surface area contributed by atoms with Crippen LogP contribution in [0.2, 0.25) is 0 Å². The lowest BCUT2D eigenvalue weighted by Gasteiger charge is -2.33. The Morgan fingerprint density at radius 2 is 2.00 bits per heavy atom. The molecule has 5 heteroatoms. The third kappa shape index (κ3) is 3.68. The molecule has 2 rings (SSSR count). The first-order chi connectivity index (χ1) is 8.38. The van der Waals surface area contributed by atoms with E-state index in [9.17, 15) is 8.42 Å². The van der Waals surface area contributed by atoms with E-state index in [0.717, 1.165) is 25.2 Å². The predicted molar refractivity (Wildman–Crippen MR) is 73.6 cm³/mol. The number of piperidine rings is 1. The summed E-state index contributed by atoms with van der Waals surface area (Å²) in [7, 11) is -3.03. The summed E-state index contributed by atoms with van der Waals surface area (Å²) >= 11 is 0. The number of sulfonamides is 1. The fourth-order valence-electron chi connectivity index (χ4n) is 3.09. The van der Waals surface area contributed by atoms with Crippen molar-refractivity contribution in [2.24, 2.45) is 23.5 Å². The van der Waals surface area contributed by atoms with E-state index in [2.05, 4.69) is 6.92 Å². The van der Waals surface area contributed by atoms with Crippen LogP contribution in [0.1, 0.15) is 39.0 Å². The molecule has 2 N–H and O–H groups in total. The summed E-state index contributed by atoms with van der Waals surface area (Å²) < 4.78 is 24.7. The van der Waals surface area contributed by atoms with Crippen molar-refractivity contribution in [3.63, 3.8) is 0 Å². The summed E-state index contributed by atoms with van der Waals surface area (Å²) in [5.41, 5.74) is 6.28. The third-order valence-corrected chi connectivity index (χ3v) is 5.87. The van der Waals surface area contributed by atoms with Crippen molar-refractivity contribution in [3.8, 4) is 0 Å². The molecule has 1 saturated carbocycles. The monoisotopic (exact) mass is 274 g/mol. The van der Waals surface area contributed by atoms with Gasteiger partial charge in [-0.3, -0.25) is 0 Å². The first kappa shape index (κ1) is 14.3. The summed E-state index contributed by atoms with van der Waals surface area (Å²) in [5, 5.41) is 0. The summed E-state index contributed by atoms with van der Waals surface area (Å²) in [6.45, 7) is 3.60. The van der Waals surface area contributed by atoms with Gasteiger partial charge >= 0.3 is 0 Å². The minimum absolute atomic E-state index is 0.238. The van der Waals surface area contributed by atoms with E-state index in [1.54, 1.807) is 4.31 Å². The van der Waals surface area contributed by atoms with Crippen molar-refractivity contribution < 1.29 is 8.42 Å². The second kappa shape index (κ2) is 5.47. The van der Waals surface area contributed by atoms with Crippen molar-refractivity contribution in [2.75, 3.05) is 19.3 Å². The molecule has 1 aliphatic heterocycles. The van der Waals surface area contributed by atoms with Crippen LogP contribution in [-0.4, -0.2) is 38.1 Å². The van der Waals surface area contributed by atoms with Gasteiger partial charge in [-0.1, -0.05) is 6.92 Å². The average molecular weight is 274 g/mol. The lowest BCUT2D eigenvalue weighted by atomic mass is 9.86. The fourth-order valence-corrected chi connectivity index (χ4v) is 4.03. The van der Waals surface area contributed by atoms with Crippen LogP contribution in [0.3, 0.4) is 0 Å². The maximum absolute atomic E-state index is 11.6. The minimum atomic E-state index is -3.03. The predicted octanol–water partition coefficient (Wildman–Crippen LogP) is 1.42. The molecule has 2 aliphatic rings. The average Bonchev–Trinajstić information content (AvgIpc) is 3.11. The van der Waals surface area contributed by atoms with Crippen LogP contribution in [0, 0.1) is 17.8 Å². The van der Waals surface area contributed by atoms with Crippen LogP contribution < -0.4 is 5.73 Å². The molecule has 0 amide bonds. The summed E-state index contributed by atoms with van der Waals surface area (Å²) in [4.78, 5) is 0. The Balaban J connectivity index is 1.85. The largest absolute Gasteiger partial charge is 0.327 e. The van der Waals surface area contributed by atoms with E-state index in [0.29, 0.717) is 24.9 Å². The molecule has 18 heavy (non-hydrogen) atoms. The van der Waals surface area contributed by atoms with Crippen molar-refractivity contribution >= 4 is 10.0 Å². The quantitative estimate of drug-likeness (QED) is 0.824. The zero-order chi connectivity index (χ0) is 13.3. The van der Waals surface area contributed by atoms with E-state index < -0.39 is 10.0 Å². The molecular formula is C13H26N2O2S. The fraction of sp³-hybridized carbons (Fsp3) is 1.00. The lowest BCUT2D eigenvalue weighted by molar-refractivity contribution is 0.227. The zero-order valence-corrected chi connectivity index (χ0v) is 12.3. The van der Waals surface area contributed by atoms with Crippen LogP contribution in [0.25, 0.3) is 0 Å². The minimum Gasteiger partial charge on any atom is -0.327 e. The molecular weight excluding hydrogens is 248 g/mol. The SMILES string of the molecule is CC(C(N)CC1CCCN(S(C)(=O)=O)C1)C1CC1. The molecule has 1 aliphatic carbocycles. The molecule has 106 valence electrons. The molecule has 0 aromatic rings. The van der Waals surface area contributed by atoms with Crippen molar-refractivity contribution in [3.05, 3.63) is 0 Å². The van der Waals surface area contributed by atoms with E-state index in [-0.39, 0.29) is 6.04 Å². The standard InChI is InChI=1S/C13H26N2O2S/c1-10(12-5-6-12)13(14)8-11-4-3-7-15(9-11)18(2,16)17/h10-13H,3-9,14H2,1-2H3. The van der Waals surface area contributed by atoms with Crippen molar-refractivity contribution in [2.45, 2.75) is 45.1 Å². The van der Waals surface area contributed by atoms with Gasteiger partial charge < -0.3 is 5.73 Å². The number of hydrogen-bond acceptors (Lipinski definition) is 3. The van der Waals surface area contributed by atoms with E-state index in [4.69, 9.17) is 5.73 Å². The summed E-state index contributed by atoms with van der Waals surface area (Å²) in [5.74, 6) is 1.87. The van der Waals surface area contributed by atoms with Crippen LogP contribution >= 0.6 is 0 Å². The zero-order valence-electron chi connectivity index (χ0n) is 11.5. The lowest BCUT2D eigenvalue weighted by Crippen LogP contribution is -2.42. The number of nitrogens with zero attached hydrogens (tertiary/aromatic N) is 1. The van der Waals surface area contributed by atoms with Gasteiger partial charge in [0.15, 0.2) is 0 Å². The second-order valence-corrected chi connectivity index (χ2v) is 8.21. The third-order valence-electron chi connectivity index (χ3n) is 4.60. The van der Waals surface area contributed by atoms with Gasteiger partial charge in [-0.15, -0.1) is 0 Å². The van der Waals surface area contributed by atoms with Gasteiger partial charge in [0.25, 0.3) is 0 Å². The Hall–Kier alpha value is -0.130. The van der Waals surface area contributed by atoms with Crippen molar-refractivity contribution in [1.29, 1.82) is 0 Å². The first-order valence-corrected chi connectivity index (χ1v) is 8.93. The van der Waals surface area contributed by atoms with E-state index >= 15 is 0 Å². The Kier molecular flexibility index (Phi) is 4.34. The van der Waals surface area contributed by atoms with Gasteiger partial charge in [-0.2, -0.15) is 0 Å². The molecule has 1 heterocycles. The highest BCUT2D eigenvalue weighted by atomic mass is 32.2. The van der Waals surface area contributed by atoms with Crippen LogP contribution in [0.15, 0.2) is 0 Å². The van der Waals surface area contributed by atoms with Gasteiger partial charge in [0, 0.05) is 19.1 Å². The van der Waals surface area contributed by atoms with Gasteiger partial charge in [0.05, 0.1) is 6.26 Å². The molecule has 0 aromatic carbocycles. The molecule has 4 nitrogen and oxygen atoms in total. The van der Waals surface area contributed by atoms with Crippen LogP contribution in [-0.2, 0) is 10.0 Å². The maximum Gasteiger partial charge on any atom is 0.211 e. The maximum atomic E-state index is 11.6. The van der Waals surface area contributed by atoms with E-state index in [1.165, 1.54) is 19.1 Å². The normalized spacial score (nSPS) is 30.1. The Bertz CT molecular complexity index is 378. The molecule has 0 bridgehead atoms. The molecule has 3 unspecified atom stereocenters. The Morgan fingerprint density at radius 1 is 1.33 bits per heavy atom. The smallest absolute Gasteiger partial charge is 0.211 e. The van der Waals surface area contributed by atoms with Gasteiger partial charge in [0.2, 0.25) is 10.0 Å². The van der Waals surface area contributed by atoms with Gasteiger partial charge in [0.1, 0.15) is 0 Å². The van der Waals surface area contributed by atoms with E-state index in [1.807, 2.05) is 0 Å². The molecule has 3 atom stereocenters. The molecule has 1 saturated heterocycles. The Labute approximate surface area is 111 Å². The van der Waals surface area contributed by atoms with Crippen molar-refractivity contribution in [1.82, 2.24) is 4.31 Å². The second-order valence-electron chi connectivity index (χ2n) is 6.23. The highest BCUT2D eigenvalue weighted by Crippen LogP contribution is 2.39. The topological polar surface area (TPSA) is 63.4 Å². The number of nitrogens with two attached hydrogens (primary N) is 1. The van der Waals surface area contributed by atoms with Crippen LogP contribution in [0.5, 0.6) is 0 Å². The Morgan fingerprint density at radius 3 is 2.56 bits per heavy atom. The molecule has 0 spiro atoms. The highest BCUT2D eigenvalue weighted by molar-refractivity contribution is 7.88. The number of rotatable bonds is 5. The summed E-state index contributed by atoms with van der Waals surface area (Å²) in [6.07, 6.45) is 7.04. The number of hydrogen-bond donors (Lipinski definition) is 1. The highest BCUT2D eigenvalue weighted by Gasteiger charge is 2.34. The summed E-state index contributed by atoms with van der Waals surface area (Å²) in [6, 6.07) is 0.238. The van der Waals surface area contributed by atoms with Gasteiger partial charge in [-0.25, -0.2) is 12.7 Å². The molecule has 0 radical (unpaired) electrons.